The largest absolute Gasteiger partial charge is 0.465 e. The van der Waals surface area contributed by atoms with Gasteiger partial charge in [-0.3, -0.25) is 0 Å². The zero-order chi connectivity index (χ0) is 13.4. The van der Waals surface area contributed by atoms with Crippen LogP contribution in [-0.4, -0.2) is 13.1 Å². The van der Waals surface area contributed by atoms with E-state index < -0.39 is 34.8 Å². The van der Waals surface area contributed by atoms with Gasteiger partial charge < -0.3 is 10.5 Å². The molecule has 0 radical (unpaired) electrons. The van der Waals surface area contributed by atoms with Crippen molar-refractivity contribution in [1.29, 1.82) is 0 Å². The van der Waals surface area contributed by atoms with E-state index in [9.17, 15) is 22.4 Å². The molecule has 0 fully saturated rings. The second-order valence-corrected chi connectivity index (χ2v) is 3.33. The van der Waals surface area contributed by atoms with Crippen molar-refractivity contribution in [3.8, 4) is 0 Å². The number of benzene rings is 1. The van der Waals surface area contributed by atoms with Gasteiger partial charge in [0, 0.05) is 0 Å². The van der Waals surface area contributed by atoms with Crippen molar-refractivity contribution in [2.45, 2.75) is 13.1 Å². The number of aryl methyl sites for hydroxylation is 1. The van der Waals surface area contributed by atoms with Gasteiger partial charge in [-0.2, -0.15) is 13.2 Å². The maximum atomic E-state index is 13.6. The van der Waals surface area contributed by atoms with Crippen LogP contribution in [0.3, 0.4) is 0 Å². The van der Waals surface area contributed by atoms with E-state index in [1.165, 1.54) is 6.92 Å². The monoisotopic (exact) mass is 251 g/mol. The van der Waals surface area contributed by atoms with Crippen LogP contribution >= 0.6 is 0 Å². The summed E-state index contributed by atoms with van der Waals surface area (Å²) in [7, 11) is 0.995. The Morgan fingerprint density at radius 2 is 1.94 bits per heavy atom. The zero-order valence-corrected chi connectivity index (χ0v) is 8.98. The standard InChI is InChI=1S/C10H9F4NO2/c1-4-3-5(10(12,13)14)8(15)7(11)6(4)9(16)17-2/h3H,15H2,1-2H3. The van der Waals surface area contributed by atoms with Gasteiger partial charge in [-0.05, 0) is 18.6 Å². The smallest absolute Gasteiger partial charge is 0.418 e. The Hall–Kier alpha value is -1.79. The van der Waals surface area contributed by atoms with Crippen molar-refractivity contribution in [3.05, 3.63) is 28.6 Å². The summed E-state index contributed by atoms with van der Waals surface area (Å²) in [5.74, 6) is -2.48. The summed E-state index contributed by atoms with van der Waals surface area (Å²) in [6.07, 6.45) is -4.77. The highest BCUT2D eigenvalue weighted by atomic mass is 19.4. The van der Waals surface area contributed by atoms with Crippen molar-refractivity contribution in [1.82, 2.24) is 0 Å². The molecule has 0 heterocycles. The number of rotatable bonds is 1. The van der Waals surface area contributed by atoms with Crippen LogP contribution in [0.4, 0.5) is 23.2 Å². The van der Waals surface area contributed by atoms with Crippen LogP contribution < -0.4 is 5.73 Å². The van der Waals surface area contributed by atoms with E-state index in [4.69, 9.17) is 5.73 Å². The number of halogens is 4. The molecule has 7 heteroatoms. The van der Waals surface area contributed by atoms with E-state index >= 15 is 0 Å². The van der Waals surface area contributed by atoms with Crippen LogP contribution in [0.5, 0.6) is 0 Å². The van der Waals surface area contributed by atoms with Gasteiger partial charge in [0.1, 0.15) is 5.56 Å². The quantitative estimate of drug-likeness (QED) is 0.474. The number of ether oxygens (including phenoxy) is 1. The van der Waals surface area contributed by atoms with Crippen molar-refractivity contribution < 1.29 is 27.1 Å². The first-order chi connectivity index (χ1) is 7.70. The van der Waals surface area contributed by atoms with E-state index in [0.717, 1.165) is 7.11 Å². The number of anilines is 1. The molecule has 3 nitrogen and oxygen atoms in total. The second kappa shape index (κ2) is 4.23. The highest BCUT2D eigenvalue weighted by Gasteiger charge is 2.36. The summed E-state index contributed by atoms with van der Waals surface area (Å²) >= 11 is 0. The molecule has 0 aliphatic rings. The van der Waals surface area contributed by atoms with Gasteiger partial charge in [0.15, 0.2) is 5.82 Å². The minimum Gasteiger partial charge on any atom is -0.465 e. The number of methoxy groups -OCH3 is 1. The molecule has 1 rings (SSSR count). The van der Waals surface area contributed by atoms with Crippen LogP contribution in [0.1, 0.15) is 21.5 Å². The SMILES string of the molecule is COC(=O)c1c(C)cc(C(F)(F)F)c(N)c1F. The molecular weight excluding hydrogens is 242 g/mol. The Morgan fingerprint density at radius 3 is 2.35 bits per heavy atom. The van der Waals surface area contributed by atoms with Gasteiger partial charge in [0.05, 0.1) is 18.4 Å². The molecule has 94 valence electrons. The Balaban J connectivity index is 3.53. The summed E-state index contributed by atoms with van der Waals surface area (Å²) < 4.78 is 55.2. The molecule has 2 N–H and O–H groups in total. The summed E-state index contributed by atoms with van der Waals surface area (Å²) in [6, 6.07) is 0.616. The Morgan fingerprint density at radius 1 is 1.41 bits per heavy atom. The van der Waals surface area contributed by atoms with Gasteiger partial charge in [0.25, 0.3) is 0 Å². The summed E-state index contributed by atoms with van der Waals surface area (Å²) in [6.45, 7) is 1.17. The lowest BCUT2D eigenvalue weighted by Crippen LogP contribution is -2.16. The maximum Gasteiger partial charge on any atom is 0.418 e. The third kappa shape index (κ3) is 2.32. The lowest BCUT2D eigenvalue weighted by atomic mass is 10.0. The number of carbonyl (C=O) groups excluding carboxylic acids is 1. The number of nitrogen functional groups attached to an aromatic ring is 1. The van der Waals surface area contributed by atoms with Gasteiger partial charge >= 0.3 is 12.1 Å². The van der Waals surface area contributed by atoms with Crippen molar-refractivity contribution in [2.24, 2.45) is 0 Å². The van der Waals surface area contributed by atoms with Gasteiger partial charge in [-0.1, -0.05) is 0 Å². The van der Waals surface area contributed by atoms with E-state index in [1.54, 1.807) is 0 Å². The molecule has 1 aromatic rings. The van der Waals surface area contributed by atoms with Gasteiger partial charge in [0.2, 0.25) is 0 Å². The molecule has 0 spiro atoms. The summed E-state index contributed by atoms with van der Waals surface area (Å²) in [5, 5.41) is 0. The Kier molecular flexibility index (Phi) is 3.30. The third-order valence-corrected chi connectivity index (χ3v) is 2.20. The first kappa shape index (κ1) is 13.3. The Bertz CT molecular complexity index is 468. The normalized spacial score (nSPS) is 11.4. The highest BCUT2D eigenvalue weighted by Crippen LogP contribution is 2.37. The zero-order valence-electron chi connectivity index (χ0n) is 8.98. The van der Waals surface area contributed by atoms with E-state index in [1.807, 2.05) is 0 Å². The summed E-state index contributed by atoms with van der Waals surface area (Å²) in [5.41, 5.74) is 1.85. The predicted molar refractivity (Wildman–Crippen MR) is 51.9 cm³/mol. The molecule has 0 aromatic heterocycles. The fourth-order valence-electron chi connectivity index (χ4n) is 1.38. The molecule has 0 amide bonds. The molecular formula is C10H9F4NO2. The van der Waals surface area contributed by atoms with Gasteiger partial charge in [-0.15, -0.1) is 0 Å². The molecule has 1 aromatic carbocycles. The fourth-order valence-corrected chi connectivity index (χ4v) is 1.38. The topological polar surface area (TPSA) is 52.3 Å². The average Bonchev–Trinajstić information content (AvgIpc) is 2.21. The van der Waals surface area contributed by atoms with E-state index in [0.29, 0.717) is 6.07 Å². The van der Waals surface area contributed by atoms with Crippen LogP contribution in [0, 0.1) is 12.7 Å². The van der Waals surface area contributed by atoms with E-state index in [2.05, 4.69) is 4.74 Å². The molecule has 0 bridgehead atoms. The van der Waals surface area contributed by atoms with Crippen molar-refractivity contribution >= 4 is 11.7 Å². The second-order valence-electron chi connectivity index (χ2n) is 3.33. The summed E-state index contributed by atoms with van der Waals surface area (Å²) in [4.78, 5) is 11.2. The molecule has 0 saturated carbocycles. The van der Waals surface area contributed by atoms with Crippen molar-refractivity contribution in [3.63, 3.8) is 0 Å². The first-order valence-corrected chi connectivity index (χ1v) is 4.44. The first-order valence-electron chi connectivity index (χ1n) is 4.44. The lowest BCUT2D eigenvalue weighted by molar-refractivity contribution is -0.137. The molecule has 17 heavy (non-hydrogen) atoms. The van der Waals surface area contributed by atoms with Gasteiger partial charge in [-0.25, -0.2) is 9.18 Å². The van der Waals surface area contributed by atoms with Crippen LogP contribution in [0.15, 0.2) is 6.07 Å². The highest BCUT2D eigenvalue weighted by molar-refractivity contribution is 5.92. The molecule has 0 unspecified atom stereocenters. The van der Waals surface area contributed by atoms with Crippen LogP contribution in [-0.2, 0) is 10.9 Å². The minimum atomic E-state index is -4.77. The van der Waals surface area contributed by atoms with Crippen LogP contribution in [0.2, 0.25) is 0 Å². The number of alkyl halides is 3. The van der Waals surface area contributed by atoms with Crippen LogP contribution in [0.25, 0.3) is 0 Å². The lowest BCUT2D eigenvalue weighted by Gasteiger charge is -2.14. The number of nitrogens with two attached hydrogens (primary N) is 1. The Labute approximate surface area is 94.2 Å². The average molecular weight is 251 g/mol. The minimum absolute atomic E-state index is 0.184. The van der Waals surface area contributed by atoms with E-state index in [-0.39, 0.29) is 5.56 Å². The molecule has 0 saturated heterocycles. The number of carbonyl (C=O) groups is 1. The molecule has 0 aliphatic heterocycles. The number of hydrogen-bond acceptors (Lipinski definition) is 3. The number of hydrogen-bond donors (Lipinski definition) is 1. The number of esters is 1. The molecule has 0 aliphatic carbocycles. The molecule has 0 atom stereocenters. The third-order valence-electron chi connectivity index (χ3n) is 2.20. The fraction of sp³-hybridized carbons (Fsp3) is 0.300. The maximum absolute atomic E-state index is 13.6. The predicted octanol–water partition coefficient (Wildman–Crippen LogP) is 2.52. The van der Waals surface area contributed by atoms with Crippen molar-refractivity contribution in [2.75, 3.05) is 12.8 Å².